The summed E-state index contributed by atoms with van der Waals surface area (Å²) in [6.07, 6.45) is 0. The standard InChI is InChI=1S/C11H11FN2O2S2/c1-8-10(17-7-13-8)6-14-18(15,16)11-5-3-2-4-9(11)12/h2-5,7,14H,6H2,1H3. The molecule has 0 bridgehead atoms. The zero-order valence-electron chi connectivity index (χ0n) is 9.55. The van der Waals surface area contributed by atoms with Gasteiger partial charge in [-0.05, 0) is 19.1 Å². The van der Waals surface area contributed by atoms with Crippen LogP contribution in [0.5, 0.6) is 0 Å². The number of hydrogen-bond acceptors (Lipinski definition) is 4. The Morgan fingerprint density at radius 1 is 1.39 bits per heavy atom. The molecule has 0 aliphatic heterocycles. The van der Waals surface area contributed by atoms with Crippen LogP contribution in [0.4, 0.5) is 4.39 Å². The van der Waals surface area contributed by atoms with E-state index >= 15 is 0 Å². The van der Waals surface area contributed by atoms with Crippen LogP contribution < -0.4 is 4.72 Å². The zero-order valence-corrected chi connectivity index (χ0v) is 11.2. The summed E-state index contributed by atoms with van der Waals surface area (Å²) < 4.78 is 39.5. The normalized spacial score (nSPS) is 11.7. The lowest BCUT2D eigenvalue weighted by molar-refractivity contribution is 0.557. The van der Waals surface area contributed by atoms with E-state index in [4.69, 9.17) is 0 Å². The average molecular weight is 286 g/mol. The number of thiazole rings is 1. The van der Waals surface area contributed by atoms with Gasteiger partial charge in [0, 0.05) is 11.4 Å². The summed E-state index contributed by atoms with van der Waals surface area (Å²) in [5, 5.41) is 0. The quantitative estimate of drug-likeness (QED) is 0.936. The van der Waals surface area contributed by atoms with Gasteiger partial charge in [0.1, 0.15) is 10.7 Å². The summed E-state index contributed by atoms with van der Waals surface area (Å²) in [5.74, 6) is -0.758. The van der Waals surface area contributed by atoms with Crippen molar-refractivity contribution >= 4 is 21.4 Å². The van der Waals surface area contributed by atoms with Gasteiger partial charge >= 0.3 is 0 Å². The Balaban J connectivity index is 2.19. The highest BCUT2D eigenvalue weighted by atomic mass is 32.2. The Morgan fingerprint density at radius 3 is 2.72 bits per heavy atom. The monoisotopic (exact) mass is 286 g/mol. The third-order valence-corrected chi connectivity index (χ3v) is 4.76. The second kappa shape index (κ2) is 5.13. The molecule has 4 nitrogen and oxygen atoms in total. The highest BCUT2D eigenvalue weighted by Crippen LogP contribution is 2.16. The van der Waals surface area contributed by atoms with E-state index in [2.05, 4.69) is 9.71 Å². The minimum atomic E-state index is -3.83. The van der Waals surface area contributed by atoms with Crippen LogP contribution in [0.25, 0.3) is 0 Å². The van der Waals surface area contributed by atoms with Crippen molar-refractivity contribution in [3.05, 3.63) is 46.2 Å². The fourth-order valence-corrected chi connectivity index (χ4v) is 3.28. The van der Waals surface area contributed by atoms with Crippen molar-refractivity contribution in [2.75, 3.05) is 0 Å². The summed E-state index contributed by atoms with van der Waals surface area (Å²) in [7, 11) is -3.83. The largest absolute Gasteiger partial charge is 0.250 e. The van der Waals surface area contributed by atoms with Gasteiger partial charge in [0.2, 0.25) is 10.0 Å². The third kappa shape index (κ3) is 2.74. The molecule has 0 aliphatic carbocycles. The van der Waals surface area contributed by atoms with E-state index in [1.54, 1.807) is 12.4 Å². The molecule has 1 heterocycles. The van der Waals surface area contributed by atoms with Crippen LogP contribution in [0.2, 0.25) is 0 Å². The lowest BCUT2D eigenvalue weighted by Gasteiger charge is -2.06. The van der Waals surface area contributed by atoms with Gasteiger partial charge in [0.05, 0.1) is 11.2 Å². The molecule has 2 aromatic rings. The first-order valence-corrected chi connectivity index (χ1v) is 7.50. The third-order valence-electron chi connectivity index (χ3n) is 2.39. The maximum atomic E-state index is 13.4. The van der Waals surface area contributed by atoms with Crippen molar-refractivity contribution in [1.29, 1.82) is 0 Å². The van der Waals surface area contributed by atoms with Gasteiger partial charge in [-0.3, -0.25) is 0 Å². The highest BCUT2D eigenvalue weighted by molar-refractivity contribution is 7.89. The fourth-order valence-electron chi connectivity index (χ4n) is 1.40. The smallest absolute Gasteiger partial charge is 0.243 e. The Kier molecular flexibility index (Phi) is 3.74. The molecule has 0 unspecified atom stereocenters. The first-order valence-electron chi connectivity index (χ1n) is 5.14. The van der Waals surface area contributed by atoms with Crippen LogP contribution in [0.15, 0.2) is 34.7 Å². The van der Waals surface area contributed by atoms with E-state index in [0.29, 0.717) is 0 Å². The number of nitrogens with zero attached hydrogens (tertiary/aromatic N) is 1. The van der Waals surface area contributed by atoms with Crippen molar-refractivity contribution in [3.8, 4) is 0 Å². The van der Waals surface area contributed by atoms with Crippen molar-refractivity contribution < 1.29 is 12.8 Å². The molecule has 0 saturated heterocycles. The Bertz CT molecular complexity index is 653. The summed E-state index contributed by atoms with van der Waals surface area (Å²) in [4.78, 5) is 4.49. The molecule has 1 aromatic carbocycles. The lowest BCUT2D eigenvalue weighted by atomic mass is 10.4. The fraction of sp³-hybridized carbons (Fsp3) is 0.182. The number of aromatic nitrogens is 1. The second-order valence-electron chi connectivity index (χ2n) is 3.62. The van der Waals surface area contributed by atoms with E-state index in [1.807, 2.05) is 0 Å². The SMILES string of the molecule is Cc1ncsc1CNS(=O)(=O)c1ccccc1F. The molecular formula is C11H11FN2O2S2. The number of benzene rings is 1. The predicted octanol–water partition coefficient (Wildman–Crippen LogP) is 2.07. The van der Waals surface area contributed by atoms with Crippen molar-refractivity contribution in [1.82, 2.24) is 9.71 Å². The van der Waals surface area contributed by atoms with Gasteiger partial charge in [-0.15, -0.1) is 11.3 Å². The van der Waals surface area contributed by atoms with Gasteiger partial charge in [0.25, 0.3) is 0 Å². The number of rotatable bonds is 4. The average Bonchev–Trinajstić information content (AvgIpc) is 2.73. The molecule has 96 valence electrons. The molecule has 18 heavy (non-hydrogen) atoms. The molecule has 7 heteroatoms. The predicted molar refractivity (Wildman–Crippen MR) is 67.3 cm³/mol. The van der Waals surface area contributed by atoms with Crippen molar-refractivity contribution in [3.63, 3.8) is 0 Å². The van der Waals surface area contributed by atoms with Gasteiger partial charge in [-0.2, -0.15) is 0 Å². The number of sulfonamides is 1. The van der Waals surface area contributed by atoms with Crippen LogP contribution in [0, 0.1) is 12.7 Å². The van der Waals surface area contributed by atoms with E-state index in [0.717, 1.165) is 16.6 Å². The molecule has 1 aromatic heterocycles. The highest BCUT2D eigenvalue weighted by Gasteiger charge is 2.18. The molecule has 0 spiro atoms. The summed E-state index contributed by atoms with van der Waals surface area (Å²) in [6, 6.07) is 5.28. The first-order chi connectivity index (χ1) is 8.50. The summed E-state index contributed by atoms with van der Waals surface area (Å²) in [5.41, 5.74) is 2.42. The number of aryl methyl sites for hydroxylation is 1. The molecule has 0 aliphatic rings. The van der Waals surface area contributed by atoms with Crippen LogP contribution >= 0.6 is 11.3 Å². The first kappa shape index (κ1) is 13.1. The number of hydrogen-bond donors (Lipinski definition) is 1. The van der Waals surface area contributed by atoms with Crippen LogP contribution in [-0.2, 0) is 16.6 Å². The van der Waals surface area contributed by atoms with E-state index < -0.39 is 15.8 Å². The Labute approximate surface area is 109 Å². The maximum absolute atomic E-state index is 13.4. The zero-order chi connectivity index (χ0) is 13.2. The molecule has 1 N–H and O–H groups in total. The Hall–Kier alpha value is -1.31. The summed E-state index contributed by atoms with van der Waals surface area (Å²) >= 11 is 1.36. The van der Waals surface area contributed by atoms with Crippen LogP contribution in [-0.4, -0.2) is 13.4 Å². The molecule has 0 atom stereocenters. The topological polar surface area (TPSA) is 59.1 Å². The molecule has 0 radical (unpaired) electrons. The minimum Gasteiger partial charge on any atom is -0.250 e. The molecule has 2 rings (SSSR count). The number of nitrogens with one attached hydrogen (secondary N) is 1. The molecule has 0 amide bonds. The van der Waals surface area contributed by atoms with Gasteiger partial charge in [-0.25, -0.2) is 22.5 Å². The summed E-state index contributed by atoms with van der Waals surface area (Å²) in [6.45, 7) is 1.91. The lowest BCUT2D eigenvalue weighted by Crippen LogP contribution is -2.24. The maximum Gasteiger partial charge on any atom is 0.243 e. The minimum absolute atomic E-state index is 0.118. The van der Waals surface area contributed by atoms with E-state index in [1.165, 1.54) is 29.5 Å². The molecule has 0 saturated carbocycles. The van der Waals surface area contributed by atoms with Crippen LogP contribution in [0.1, 0.15) is 10.6 Å². The van der Waals surface area contributed by atoms with Crippen molar-refractivity contribution in [2.24, 2.45) is 0 Å². The van der Waals surface area contributed by atoms with Gasteiger partial charge in [0.15, 0.2) is 0 Å². The van der Waals surface area contributed by atoms with E-state index in [9.17, 15) is 12.8 Å². The van der Waals surface area contributed by atoms with Gasteiger partial charge < -0.3 is 0 Å². The Morgan fingerprint density at radius 2 is 2.11 bits per heavy atom. The van der Waals surface area contributed by atoms with Crippen molar-refractivity contribution in [2.45, 2.75) is 18.4 Å². The van der Waals surface area contributed by atoms with Gasteiger partial charge in [-0.1, -0.05) is 12.1 Å². The number of halogens is 1. The van der Waals surface area contributed by atoms with Crippen LogP contribution in [0.3, 0.4) is 0 Å². The second-order valence-corrected chi connectivity index (χ2v) is 6.29. The molecular weight excluding hydrogens is 275 g/mol. The molecule has 0 fully saturated rings. The van der Waals surface area contributed by atoms with E-state index in [-0.39, 0.29) is 11.4 Å².